The number of amides is 2. The van der Waals surface area contributed by atoms with Crippen molar-refractivity contribution in [2.24, 2.45) is 0 Å². The Labute approximate surface area is 177 Å². The number of morpholine rings is 1. The molecule has 1 aliphatic rings. The van der Waals surface area contributed by atoms with Gasteiger partial charge in [0.05, 0.1) is 36.7 Å². The third-order valence-electron chi connectivity index (χ3n) is 4.91. The number of ether oxygens (including phenoxy) is 2. The summed E-state index contributed by atoms with van der Waals surface area (Å²) in [6.07, 6.45) is -2.27. The monoisotopic (exact) mass is 440 g/mol. The van der Waals surface area contributed by atoms with E-state index in [0.29, 0.717) is 12.1 Å². The molecule has 10 heteroatoms. The second-order valence-corrected chi connectivity index (χ2v) is 7.08. The van der Waals surface area contributed by atoms with Crippen LogP contribution in [0.3, 0.4) is 0 Å². The number of nitrogens with zero attached hydrogens (tertiary/aromatic N) is 2. The van der Waals surface area contributed by atoms with E-state index >= 15 is 0 Å². The quantitative estimate of drug-likeness (QED) is 0.662. The van der Waals surface area contributed by atoms with Crippen molar-refractivity contribution in [2.45, 2.75) is 12.3 Å². The zero-order valence-electron chi connectivity index (χ0n) is 16.9. The van der Waals surface area contributed by atoms with Crippen molar-refractivity contribution >= 4 is 11.8 Å². The SMILES string of the molecule is COCCN(CC1CN(C(=O)c2ccoc2)CCO1)C(=O)c1cccc(C(F)(F)F)c1. The van der Waals surface area contributed by atoms with Crippen LogP contribution in [0.1, 0.15) is 26.3 Å². The first-order valence-corrected chi connectivity index (χ1v) is 9.68. The molecular weight excluding hydrogens is 417 g/mol. The summed E-state index contributed by atoms with van der Waals surface area (Å²) < 4.78 is 54.8. The van der Waals surface area contributed by atoms with Crippen LogP contribution in [0, 0.1) is 0 Å². The molecule has 31 heavy (non-hydrogen) atoms. The Hall–Kier alpha value is -2.85. The summed E-state index contributed by atoms with van der Waals surface area (Å²) in [5.74, 6) is -0.778. The summed E-state index contributed by atoms with van der Waals surface area (Å²) in [5, 5.41) is 0. The molecule has 0 N–H and O–H groups in total. The number of furan rings is 1. The lowest BCUT2D eigenvalue weighted by Crippen LogP contribution is -2.51. The summed E-state index contributed by atoms with van der Waals surface area (Å²) in [6, 6.07) is 5.86. The molecule has 1 aromatic carbocycles. The Bertz CT molecular complexity index is 885. The van der Waals surface area contributed by atoms with Gasteiger partial charge in [-0.25, -0.2) is 0 Å². The van der Waals surface area contributed by atoms with Crippen LogP contribution in [0.5, 0.6) is 0 Å². The average molecular weight is 440 g/mol. The molecular formula is C21H23F3N2O5. The molecule has 1 fully saturated rings. The third kappa shape index (κ3) is 5.86. The fourth-order valence-corrected chi connectivity index (χ4v) is 3.32. The Morgan fingerprint density at radius 3 is 2.74 bits per heavy atom. The fourth-order valence-electron chi connectivity index (χ4n) is 3.32. The highest BCUT2D eigenvalue weighted by Crippen LogP contribution is 2.29. The predicted molar refractivity (Wildman–Crippen MR) is 104 cm³/mol. The fraction of sp³-hybridized carbons (Fsp3) is 0.429. The van der Waals surface area contributed by atoms with Gasteiger partial charge in [-0.1, -0.05) is 6.07 Å². The van der Waals surface area contributed by atoms with Gasteiger partial charge >= 0.3 is 6.18 Å². The minimum Gasteiger partial charge on any atom is -0.472 e. The molecule has 0 aliphatic carbocycles. The van der Waals surface area contributed by atoms with Crippen molar-refractivity contribution in [3.8, 4) is 0 Å². The van der Waals surface area contributed by atoms with Gasteiger partial charge in [-0.3, -0.25) is 9.59 Å². The Kier molecular flexibility index (Phi) is 7.34. The molecule has 0 bridgehead atoms. The van der Waals surface area contributed by atoms with E-state index in [1.54, 1.807) is 11.0 Å². The number of halogens is 3. The first-order chi connectivity index (χ1) is 14.8. The molecule has 0 saturated carbocycles. The Morgan fingerprint density at radius 1 is 1.26 bits per heavy atom. The number of methoxy groups -OCH3 is 1. The van der Waals surface area contributed by atoms with E-state index in [1.807, 2.05) is 0 Å². The van der Waals surface area contributed by atoms with Gasteiger partial charge in [0.2, 0.25) is 0 Å². The molecule has 2 heterocycles. The van der Waals surface area contributed by atoms with Gasteiger partial charge in [-0.15, -0.1) is 0 Å². The van der Waals surface area contributed by atoms with Gasteiger partial charge < -0.3 is 23.7 Å². The smallest absolute Gasteiger partial charge is 0.416 e. The highest BCUT2D eigenvalue weighted by atomic mass is 19.4. The van der Waals surface area contributed by atoms with E-state index in [9.17, 15) is 22.8 Å². The largest absolute Gasteiger partial charge is 0.472 e. The maximum atomic E-state index is 13.0. The average Bonchev–Trinajstić information content (AvgIpc) is 3.30. The minimum absolute atomic E-state index is 0.0759. The van der Waals surface area contributed by atoms with Gasteiger partial charge in [0.1, 0.15) is 6.26 Å². The van der Waals surface area contributed by atoms with Crippen LogP contribution in [0.4, 0.5) is 13.2 Å². The number of hydrogen-bond acceptors (Lipinski definition) is 5. The van der Waals surface area contributed by atoms with Crippen molar-refractivity contribution < 1.29 is 36.7 Å². The molecule has 0 spiro atoms. The lowest BCUT2D eigenvalue weighted by molar-refractivity contribution is -0.137. The van der Waals surface area contributed by atoms with Crippen LogP contribution >= 0.6 is 0 Å². The molecule has 2 amide bonds. The highest BCUT2D eigenvalue weighted by Gasteiger charge is 2.32. The summed E-state index contributed by atoms with van der Waals surface area (Å²) in [4.78, 5) is 28.5. The highest BCUT2D eigenvalue weighted by molar-refractivity contribution is 5.95. The molecule has 1 unspecified atom stereocenters. The lowest BCUT2D eigenvalue weighted by atomic mass is 10.1. The van der Waals surface area contributed by atoms with Crippen molar-refractivity contribution in [1.82, 2.24) is 9.80 Å². The van der Waals surface area contributed by atoms with Gasteiger partial charge in [0.15, 0.2) is 0 Å². The Morgan fingerprint density at radius 2 is 2.06 bits per heavy atom. The molecule has 3 rings (SSSR count). The number of benzene rings is 1. The van der Waals surface area contributed by atoms with E-state index in [0.717, 1.165) is 12.1 Å². The molecule has 1 saturated heterocycles. The molecule has 0 radical (unpaired) electrons. The van der Waals surface area contributed by atoms with E-state index < -0.39 is 23.8 Å². The Balaban J connectivity index is 1.72. The molecule has 7 nitrogen and oxygen atoms in total. The summed E-state index contributed by atoms with van der Waals surface area (Å²) in [7, 11) is 1.47. The zero-order valence-corrected chi connectivity index (χ0v) is 16.9. The topological polar surface area (TPSA) is 72.2 Å². The minimum atomic E-state index is -4.55. The van der Waals surface area contributed by atoms with Crippen LogP contribution < -0.4 is 0 Å². The van der Waals surface area contributed by atoms with Crippen molar-refractivity contribution in [2.75, 3.05) is 46.5 Å². The molecule has 1 aromatic heterocycles. The van der Waals surface area contributed by atoms with Gasteiger partial charge in [-0.05, 0) is 24.3 Å². The number of carbonyl (C=O) groups excluding carboxylic acids is 2. The van der Waals surface area contributed by atoms with Crippen molar-refractivity contribution in [3.05, 3.63) is 59.5 Å². The lowest BCUT2D eigenvalue weighted by Gasteiger charge is -2.35. The molecule has 1 atom stereocenters. The second-order valence-electron chi connectivity index (χ2n) is 7.08. The summed E-state index contributed by atoms with van der Waals surface area (Å²) in [5.41, 5.74) is -0.555. The second kappa shape index (κ2) is 9.97. The van der Waals surface area contributed by atoms with Gasteiger partial charge in [0.25, 0.3) is 11.8 Å². The summed E-state index contributed by atoms with van der Waals surface area (Å²) >= 11 is 0. The standard InChI is InChI=1S/C21H23F3N2O5/c1-29-9-6-25(19(27)15-3-2-4-17(11-15)21(22,23)24)12-18-13-26(7-10-31-18)20(28)16-5-8-30-14-16/h2-5,8,11,14,18H,6-7,9-10,12-13H2,1H3. The van der Waals surface area contributed by atoms with Crippen LogP contribution in [0.2, 0.25) is 0 Å². The molecule has 2 aromatic rings. The first kappa shape index (κ1) is 22.8. The number of rotatable bonds is 7. The number of carbonyl (C=O) groups is 2. The summed E-state index contributed by atoms with van der Waals surface area (Å²) in [6.45, 7) is 1.39. The van der Waals surface area contributed by atoms with Gasteiger partial charge in [0, 0.05) is 38.9 Å². The van der Waals surface area contributed by atoms with E-state index in [2.05, 4.69) is 0 Å². The number of hydrogen-bond donors (Lipinski definition) is 0. The predicted octanol–water partition coefficient (Wildman–Crippen LogP) is 2.93. The van der Waals surface area contributed by atoms with Gasteiger partial charge in [-0.2, -0.15) is 13.2 Å². The zero-order chi connectivity index (χ0) is 22.4. The maximum absolute atomic E-state index is 13.0. The van der Waals surface area contributed by atoms with Crippen LogP contribution in [0.25, 0.3) is 0 Å². The van der Waals surface area contributed by atoms with E-state index in [4.69, 9.17) is 13.9 Å². The normalized spacial score (nSPS) is 16.9. The molecule has 168 valence electrons. The van der Waals surface area contributed by atoms with E-state index in [-0.39, 0.29) is 44.3 Å². The van der Waals surface area contributed by atoms with Crippen LogP contribution in [0.15, 0.2) is 47.3 Å². The van der Waals surface area contributed by atoms with Crippen LogP contribution in [-0.2, 0) is 15.7 Å². The van der Waals surface area contributed by atoms with Crippen LogP contribution in [-0.4, -0.2) is 74.2 Å². The first-order valence-electron chi connectivity index (χ1n) is 9.68. The van der Waals surface area contributed by atoms with E-state index in [1.165, 1.54) is 36.7 Å². The maximum Gasteiger partial charge on any atom is 0.416 e. The number of alkyl halides is 3. The third-order valence-corrected chi connectivity index (χ3v) is 4.91. The molecule has 1 aliphatic heterocycles. The van der Waals surface area contributed by atoms with Crippen molar-refractivity contribution in [1.29, 1.82) is 0 Å². The van der Waals surface area contributed by atoms with Crippen molar-refractivity contribution in [3.63, 3.8) is 0 Å².